The molecule has 3 nitrogen and oxygen atoms in total. The monoisotopic (exact) mass is 331 g/mol. The zero-order chi connectivity index (χ0) is 17.4. The van der Waals surface area contributed by atoms with E-state index in [1.165, 1.54) is 13.0 Å². The van der Waals surface area contributed by atoms with Crippen LogP contribution >= 0.6 is 0 Å². The second kappa shape index (κ2) is 5.98. The topological polar surface area (TPSA) is 49.3 Å². The number of rotatable bonds is 5. The van der Waals surface area contributed by atoms with Crippen LogP contribution in [-0.4, -0.2) is 17.6 Å². The summed E-state index contributed by atoms with van der Waals surface area (Å²) >= 11 is 0. The Hall–Kier alpha value is -2.27. The number of aliphatic hydroxyl groups is 1. The molecule has 1 fully saturated rings. The van der Waals surface area contributed by atoms with E-state index in [2.05, 4.69) is 5.32 Å². The molecule has 24 heavy (non-hydrogen) atoms. The molecule has 0 saturated heterocycles. The van der Waals surface area contributed by atoms with Gasteiger partial charge in [-0.05, 0) is 31.4 Å². The summed E-state index contributed by atoms with van der Waals surface area (Å²) in [6.45, 7) is 1.24. The second-order valence-electron chi connectivity index (χ2n) is 6.53. The Morgan fingerprint density at radius 2 is 1.88 bits per heavy atom. The maximum absolute atomic E-state index is 13.9. The summed E-state index contributed by atoms with van der Waals surface area (Å²) in [6, 6.07) is 12.5. The Labute approximate surface area is 139 Å². The molecule has 0 aliphatic heterocycles. The van der Waals surface area contributed by atoms with Gasteiger partial charge < -0.3 is 10.4 Å². The van der Waals surface area contributed by atoms with E-state index in [0.717, 1.165) is 30.5 Å². The largest absolute Gasteiger partial charge is 0.383 e. The van der Waals surface area contributed by atoms with Gasteiger partial charge in [-0.25, -0.2) is 8.78 Å². The molecule has 0 heterocycles. The summed E-state index contributed by atoms with van der Waals surface area (Å²) in [4.78, 5) is 12.6. The van der Waals surface area contributed by atoms with Crippen molar-refractivity contribution in [3.8, 4) is 0 Å². The van der Waals surface area contributed by atoms with Crippen molar-refractivity contribution in [3.05, 3.63) is 71.3 Å². The molecule has 1 aliphatic rings. The molecule has 126 valence electrons. The Morgan fingerprint density at radius 1 is 1.21 bits per heavy atom. The van der Waals surface area contributed by atoms with E-state index in [0.29, 0.717) is 0 Å². The van der Waals surface area contributed by atoms with Gasteiger partial charge >= 0.3 is 0 Å². The quantitative estimate of drug-likeness (QED) is 0.885. The number of carbonyl (C=O) groups excluding carboxylic acids is 1. The van der Waals surface area contributed by atoms with E-state index < -0.39 is 22.7 Å². The summed E-state index contributed by atoms with van der Waals surface area (Å²) in [6.07, 6.45) is 1.49. The lowest BCUT2D eigenvalue weighted by atomic mass is 9.92. The van der Waals surface area contributed by atoms with Crippen molar-refractivity contribution in [2.45, 2.75) is 30.8 Å². The molecule has 3 rings (SSSR count). The van der Waals surface area contributed by atoms with Crippen molar-refractivity contribution < 1.29 is 18.7 Å². The maximum atomic E-state index is 13.9. The minimum absolute atomic E-state index is 0.0474. The van der Waals surface area contributed by atoms with Crippen LogP contribution < -0.4 is 5.32 Å². The number of carbonyl (C=O) groups is 1. The van der Waals surface area contributed by atoms with Gasteiger partial charge in [-0.2, -0.15) is 0 Å². The van der Waals surface area contributed by atoms with Crippen LogP contribution in [0.1, 0.15) is 30.9 Å². The number of amides is 1. The van der Waals surface area contributed by atoms with Gasteiger partial charge in [0.1, 0.15) is 17.2 Å². The molecular formula is C19H19F2NO2. The van der Waals surface area contributed by atoms with Gasteiger partial charge in [0.2, 0.25) is 5.91 Å². The fourth-order valence-corrected chi connectivity index (χ4v) is 2.97. The Balaban J connectivity index is 1.72. The molecule has 0 aromatic heterocycles. The molecule has 1 saturated carbocycles. The standard InChI is InChI=1S/C19H19F2NO2/c1-18(24,15-8-7-14(20)11-16(15)21)12-22-17(23)19(9-10-19)13-5-3-2-4-6-13/h2-8,11,24H,9-10,12H2,1H3,(H,22,23). The summed E-state index contributed by atoms with van der Waals surface area (Å²) in [7, 11) is 0. The minimum atomic E-state index is -1.62. The van der Waals surface area contributed by atoms with Crippen LogP contribution in [0.4, 0.5) is 8.78 Å². The lowest BCUT2D eigenvalue weighted by Crippen LogP contribution is -2.43. The molecule has 5 heteroatoms. The van der Waals surface area contributed by atoms with E-state index >= 15 is 0 Å². The van der Waals surface area contributed by atoms with E-state index in [9.17, 15) is 18.7 Å². The Kier molecular flexibility index (Phi) is 4.13. The first-order valence-corrected chi connectivity index (χ1v) is 7.87. The number of hydrogen-bond donors (Lipinski definition) is 2. The first-order chi connectivity index (χ1) is 11.3. The second-order valence-corrected chi connectivity index (χ2v) is 6.53. The predicted octanol–water partition coefficient (Wildman–Crippen LogP) is 3.02. The van der Waals surface area contributed by atoms with Gasteiger partial charge in [-0.3, -0.25) is 4.79 Å². The molecule has 1 atom stereocenters. The fraction of sp³-hybridized carbons (Fsp3) is 0.316. The van der Waals surface area contributed by atoms with E-state index in [1.807, 2.05) is 30.3 Å². The Morgan fingerprint density at radius 3 is 2.46 bits per heavy atom. The van der Waals surface area contributed by atoms with Gasteiger partial charge in [0, 0.05) is 11.6 Å². The highest BCUT2D eigenvalue weighted by atomic mass is 19.1. The first kappa shape index (κ1) is 16.6. The highest BCUT2D eigenvalue weighted by Crippen LogP contribution is 2.48. The molecule has 0 radical (unpaired) electrons. The van der Waals surface area contributed by atoms with Gasteiger partial charge in [0.25, 0.3) is 0 Å². The molecular weight excluding hydrogens is 312 g/mol. The number of benzene rings is 2. The maximum Gasteiger partial charge on any atom is 0.230 e. The van der Waals surface area contributed by atoms with Crippen molar-refractivity contribution in [1.82, 2.24) is 5.32 Å². The van der Waals surface area contributed by atoms with Crippen LogP contribution in [0.3, 0.4) is 0 Å². The van der Waals surface area contributed by atoms with Gasteiger partial charge in [0.15, 0.2) is 0 Å². The van der Waals surface area contributed by atoms with Crippen LogP contribution in [-0.2, 0) is 15.8 Å². The van der Waals surface area contributed by atoms with Crippen molar-refractivity contribution in [1.29, 1.82) is 0 Å². The zero-order valence-electron chi connectivity index (χ0n) is 13.4. The molecule has 2 N–H and O–H groups in total. The van der Waals surface area contributed by atoms with E-state index in [1.54, 1.807) is 0 Å². The Bertz CT molecular complexity index is 755. The molecule has 2 aromatic carbocycles. The fourth-order valence-electron chi connectivity index (χ4n) is 2.97. The molecule has 1 unspecified atom stereocenters. The normalized spacial score (nSPS) is 17.8. The molecule has 2 aromatic rings. The highest BCUT2D eigenvalue weighted by Gasteiger charge is 2.51. The van der Waals surface area contributed by atoms with Gasteiger partial charge in [0.05, 0.1) is 12.0 Å². The summed E-state index contributed by atoms with van der Waals surface area (Å²) in [5.74, 6) is -1.73. The molecule has 1 aliphatic carbocycles. The minimum Gasteiger partial charge on any atom is -0.383 e. The van der Waals surface area contributed by atoms with Crippen LogP contribution in [0, 0.1) is 11.6 Å². The summed E-state index contributed by atoms with van der Waals surface area (Å²) in [5, 5.41) is 13.2. The third-order valence-corrected chi connectivity index (χ3v) is 4.62. The molecule has 1 amide bonds. The third-order valence-electron chi connectivity index (χ3n) is 4.62. The van der Waals surface area contributed by atoms with Gasteiger partial charge in [-0.15, -0.1) is 0 Å². The van der Waals surface area contributed by atoms with Crippen LogP contribution in [0.25, 0.3) is 0 Å². The predicted molar refractivity (Wildman–Crippen MR) is 86.3 cm³/mol. The van der Waals surface area contributed by atoms with Crippen molar-refractivity contribution in [2.75, 3.05) is 6.54 Å². The van der Waals surface area contributed by atoms with Crippen LogP contribution in [0.15, 0.2) is 48.5 Å². The van der Waals surface area contributed by atoms with Crippen molar-refractivity contribution in [3.63, 3.8) is 0 Å². The van der Waals surface area contributed by atoms with E-state index in [4.69, 9.17) is 0 Å². The third kappa shape index (κ3) is 3.04. The first-order valence-electron chi connectivity index (χ1n) is 7.87. The van der Waals surface area contributed by atoms with Crippen LogP contribution in [0.5, 0.6) is 0 Å². The van der Waals surface area contributed by atoms with Crippen LogP contribution in [0.2, 0.25) is 0 Å². The SMILES string of the molecule is CC(O)(CNC(=O)C1(c2ccccc2)CC1)c1ccc(F)cc1F. The average Bonchev–Trinajstić information content (AvgIpc) is 3.35. The lowest BCUT2D eigenvalue weighted by Gasteiger charge is -2.26. The number of hydrogen-bond acceptors (Lipinski definition) is 2. The number of nitrogens with one attached hydrogen (secondary N) is 1. The van der Waals surface area contributed by atoms with E-state index in [-0.39, 0.29) is 18.0 Å². The zero-order valence-corrected chi connectivity index (χ0v) is 13.4. The highest BCUT2D eigenvalue weighted by molar-refractivity contribution is 5.91. The summed E-state index contributed by atoms with van der Waals surface area (Å²) < 4.78 is 26.9. The van der Waals surface area contributed by atoms with Crippen molar-refractivity contribution >= 4 is 5.91 Å². The molecule has 0 bridgehead atoms. The average molecular weight is 331 g/mol. The van der Waals surface area contributed by atoms with Crippen molar-refractivity contribution in [2.24, 2.45) is 0 Å². The number of halogens is 2. The lowest BCUT2D eigenvalue weighted by molar-refractivity contribution is -0.124. The summed E-state index contributed by atoms with van der Waals surface area (Å²) in [5.41, 5.74) is -1.29. The smallest absolute Gasteiger partial charge is 0.230 e. The molecule has 0 spiro atoms. The van der Waals surface area contributed by atoms with Gasteiger partial charge in [-0.1, -0.05) is 36.4 Å².